The van der Waals surface area contributed by atoms with Crippen molar-refractivity contribution in [3.63, 3.8) is 0 Å². The number of halogens is 2. The van der Waals surface area contributed by atoms with Crippen LogP contribution in [0.25, 0.3) is 0 Å². The molecule has 0 atom stereocenters. The average molecular weight is 399 g/mol. The fraction of sp³-hybridized carbons (Fsp3) is 0.125. The molecule has 0 radical (unpaired) electrons. The van der Waals surface area contributed by atoms with E-state index in [1.165, 1.54) is 30.5 Å². The Hall–Kier alpha value is -2.84. The molecule has 0 fully saturated rings. The number of carbonyl (C=O) groups excluding carboxylic acids is 2. The number of benzene rings is 1. The molecule has 1 aliphatic rings. The van der Waals surface area contributed by atoms with Crippen LogP contribution in [0.4, 0.5) is 11.4 Å². The molecule has 26 heavy (non-hydrogen) atoms. The molecule has 8 nitrogen and oxygen atoms in total. The highest BCUT2D eigenvalue weighted by molar-refractivity contribution is 6.41. The fourth-order valence-electron chi connectivity index (χ4n) is 2.23. The van der Waals surface area contributed by atoms with Crippen LogP contribution >= 0.6 is 23.2 Å². The lowest BCUT2D eigenvalue weighted by Gasteiger charge is -2.24. The lowest BCUT2D eigenvalue weighted by atomic mass is 10.1. The molecular weight excluding hydrogens is 387 g/mol. The topological polar surface area (TPSA) is 99.0 Å². The van der Waals surface area contributed by atoms with Crippen molar-refractivity contribution in [3.8, 4) is 0 Å². The third kappa shape index (κ3) is 3.56. The molecule has 10 heteroatoms. The molecule has 0 saturated carbocycles. The van der Waals surface area contributed by atoms with E-state index < -0.39 is 22.5 Å². The van der Waals surface area contributed by atoms with Crippen molar-refractivity contribution in [2.75, 3.05) is 19.1 Å². The minimum absolute atomic E-state index is 0.0257. The Labute approximate surface area is 158 Å². The third-order valence-corrected chi connectivity index (χ3v) is 4.05. The fourth-order valence-corrected chi connectivity index (χ4v) is 2.85. The largest absolute Gasteiger partial charge is 0.465 e. The first-order valence-electron chi connectivity index (χ1n) is 7.00. The number of rotatable bonds is 4. The zero-order valence-corrected chi connectivity index (χ0v) is 15.1. The number of nitrogens with zero attached hydrogens (tertiary/aromatic N) is 2. The number of esters is 2. The molecule has 0 bridgehead atoms. The minimum Gasteiger partial charge on any atom is -0.465 e. The van der Waals surface area contributed by atoms with E-state index >= 15 is 0 Å². The van der Waals surface area contributed by atoms with Crippen molar-refractivity contribution in [2.24, 2.45) is 0 Å². The van der Waals surface area contributed by atoms with Crippen molar-refractivity contribution >= 4 is 46.5 Å². The van der Waals surface area contributed by atoms with Crippen molar-refractivity contribution in [2.45, 2.75) is 0 Å². The van der Waals surface area contributed by atoms with Crippen LogP contribution in [0.15, 0.2) is 47.8 Å². The second-order valence-electron chi connectivity index (χ2n) is 4.80. The average Bonchev–Trinajstić information content (AvgIpc) is 2.83. The van der Waals surface area contributed by atoms with Gasteiger partial charge in [-0.2, -0.15) is 0 Å². The highest BCUT2D eigenvalue weighted by Crippen LogP contribution is 2.42. The van der Waals surface area contributed by atoms with Crippen LogP contribution in [0, 0.1) is 10.1 Å². The summed E-state index contributed by atoms with van der Waals surface area (Å²) in [7, 11) is 2.27. The van der Waals surface area contributed by atoms with Gasteiger partial charge in [0.05, 0.1) is 35.4 Å². The van der Waals surface area contributed by atoms with E-state index in [4.69, 9.17) is 32.7 Å². The van der Waals surface area contributed by atoms with Gasteiger partial charge in [0.25, 0.3) is 5.69 Å². The zero-order valence-electron chi connectivity index (χ0n) is 13.6. The number of methoxy groups -OCH3 is 2. The van der Waals surface area contributed by atoms with E-state index in [0.29, 0.717) is 0 Å². The van der Waals surface area contributed by atoms with Gasteiger partial charge in [-0.1, -0.05) is 29.3 Å². The monoisotopic (exact) mass is 398 g/mol. The smallest absolute Gasteiger partial charge is 0.355 e. The van der Waals surface area contributed by atoms with Gasteiger partial charge in [-0.3, -0.25) is 10.1 Å². The molecule has 1 heterocycles. The summed E-state index contributed by atoms with van der Waals surface area (Å²) in [5, 5.41) is 10.9. The van der Waals surface area contributed by atoms with Gasteiger partial charge in [0, 0.05) is 12.3 Å². The van der Waals surface area contributed by atoms with Crippen LogP contribution < -0.4 is 4.90 Å². The van der Waals surface area contributed by atoms with Crippen molar-refractivity contribution in [1.82, 2.24) is 0 Å². The molecule has 1 aromatic rings. The lowest BCUT2D eigenvalue weighted by Crippen LogP contribution is -2.27. The van der Waals surface area contributed by atoms with Gasteiger partial charge >= 0.3 is 11.9 Å². The Morgan fingerprint density at radius 3 is 2.35 bits per heavy atom. The first-order valence-corrected chi connectivity index (χ1v) is 7.76. The Morgan fingerprint density at radius 1 is 1.12 bits per heavy atom. The Balaban J connectivity index is 2.82. The molecular formula is C16H12Cl2N2O6. The molecule has 2 rings (SSSR count). The molecule has 136 valence electrons. The van der Waals surface area contributed by atoms with Gasteiger partial charge in [-0.15, -0.1) is 0 Å². The highest BCUT2D eigenvalue weighted by Gasteiger charge is 2.31. The van der Waals surface area contributed by atoms with Crippen molar-refractivity contribution in [1.29, 1.82) is 0 Å². The summed E-state index contributed by atoms with van der Waals surface area (Å²) in [6, 6.07) is 2.40. The summed E-state index contributed by atoms with van der Waals surface area (Å²) in [4.78, 5) is 36.1. The van der Waals surface area contributed by atoms with Crippen LogP contribution in [0.1, 0.15) is 0 Å². The summed E-state index contributed by atoms with van der Waals surface area (Å²) < 4.78 is 9.44. The molecule has 0 aromatic heterocycles. The van der Waals surface area contributed by atoms with Crippen LogP contribution in [0.5, 0.6) is 0 Å². The molecule has 1 aliphatic heterocycles. The molecule has 0 saturated heterocycles. The van der Waals surface area contributed by atoms with E-state index in [-0.39, 0.29) is 27.0 Å². The van der Waals surface area contributed by atoms with Crippen LogP contribution in [-0.4, -0.2) is 31.1 Å². The first-order chi connectivity index (χ1) is 12.3. The van der Waals surface area contributed by atoms with Crippen LogP contribution in [0.3, 0.4) is 0 Å². The highest BCUT2D eigenvalue weighted by atomic mass is 35.5. The Morgan fingerprint density at radius 2 is 1.77 bits per heavy atom. The second kappa shape index (κ2) is 8.03. The first kappa shape index (κ1) is 19.5. The van der Waals surface area contributed by atoms with E-state index in [2.05, 4.69) is 0 Å². The van der Waals surface area contributed by atoms with Crippen LogP contribution in [0.2, 0.25) is 10.0 Å². The molecule has 0 amide bonds. The number of ether oxygens (including phenoxy) is 2. The zero-order chi connectivity index (χ0) is 19.4. The normalized spacial score (nSPS) is 13.5. The van der Waals surface area contributed by atoms with Gasteiger partial charge in [0.2, 0.25) is 0 Å². The molecule has 1 aromatic carbocycles. The minimum atomic E-state index is -0.889. The second-order valence-corrected chi connectivity index (χ2v) is 5.59. The van der Waals surface area contributed by atoms with Crippen LogP contribution in [-0.2, 0) is 19.1 Å². The standard InChI is InChI=1S/C16H12Cl2N2O6/c1-25-15(21)9-5-3-4-8-19(13(9)16(22)26-2)14-10(17)6-7-11(12(14)18)20(23)24/h3-8H,1-2H3. The lowest BCUT2D eigenvalue weighted by molar-refractivity contribution is -0.384. The predicted octanol–water partition coefficient (Wildman–Crippen LogP) is 3.39. The Kier molecular flexibility index (Phi) is 6.01. The maximum absolute atomic E-state index is 12.4. The number of nitro benzene ring substituents is 1. The van der Waals surface area contributed by atoms with Gasteiger partial charge < -0.3 is 14.4 Å². The third-order valence-electron chi connectivity index (χ3n) is 3.37. The Bertz CT molecular complexity index is 876. The van der Waals surface area contributed by atoms with E-state index in [9.17, 15) is 19.7 Å². The maximum atomic E-state index is 12.4. The van der Waals surface area contributed by atoms with Gasteiger partial charge in [-0.05, 0) is 18.2 Å². The predicted molar refractivity (Wildman–Crippen MR) is 94.9 cm³/mol. The summed E-state index contributed by atoms with van der Waals surface area (Å²) in [5.41, 5.74) is -0.860. The van der Waals surface area contributed by atoms with E-state index in [0.717, 1.165) is 25.2 Å². The summed E-state index contributed by atoms with van der Waals surface area (Å²) in [6.45, 7) is 0. The van der Waals surface area contributed by atoms with Crippen molar-refractivity contribution < 1.29 is 24.0 Å². The van der Waals surface area contributed by atoms with Gasteiger partial charge in [-0.25, -0.2) is 9.59 Å². The van der Waals surface area contributed by atoms with Gasteiger partial charge in [0.1, 0.15) is 10.7 Å². The summed E-state index contributed by atoms with van der Waals surface area (Å²) >= 11 is 12.3. The number of allylic oxidation sites excluding steroid dienone is 2. The summed E-state index contributed by atoms with van der Waals surface area (Å²) in [5.74, 6) is -1.70. The SMILES string of the molecule is COC(=O)C1=C(C(=O)OC)N(c2c(Cl)ccc([N+](=O)[O-])c2Cl)C=CC=C1. The van der Waals surface area contributed by atoms with E-state index in [1.54, 1.807) is 0 Å². The number of hydrogen-bond donors (Lipinski definition) is 0. The van der Waals surface area contributed by atoms with Crippen molar-refractivity contribution in [3.05, 3.63) is 68.0 Å². The maximum Gasteiger partial charge on any atom is 0.355 e. The quantitative estimate of drug-likeness (QED) is 0.435. The van der Waals surface area contributed by atoms with Gasteiger partial charge in [0.15, 0.2) is 0 Å². The molecule has 0 spiro atoms. The molecule has 0 unspecified atom stereocenters. The number of anilines is 1. The number of hydrogen-bond acceptors (Lipinski definition) is 7. The molecule has 0 aliphatic carbocycles. The summed E-state index contributed by atoms with van der Waals surface area (Å²) in [6.07, 6.45) is 5.68. The molecule has 0 N–H and O–H groups in total. The number of carbonyl (C=O) groups is 2. The number of nitro groups is 1. The van der Waals surface area contributed by atoms with E-state index in [1.807, 2.05) is 0 Å².